The number of amides is 1. The molecule has 1 aliphatic rings. The SMILES string of the molecule is Cc1ccsc1CC1C(=O)Nc2ccccc21. The molecule has 1 amide bonds. The first kappa shape index (κ1) is 10.5. The van der Waals surface area contributed by atoms with Gasteiger partial charge in [0.2, 0.25) is 5.91 Å². The van der Waals surface area contributed by atoms with Crippen molar-refractivity contribution in [3.8, 4) is 0 Å². The molecule has 1 aliphatic heterocycles. The molecule has 2 nitrogen and oxygen atoms in total. The van der Waals surface area contributed by atoms with Crippen LogP contribution in [0.1, 0.15) is 21.9 Å². The van der Waals surface area contributed by atoms with Gasteiger partial charge in [-0.1, -0.05) is 18.2 Å². The van der Waals surface area contributed by atoms with Crippen LogP contribution in [-0.4, -0.2) is 5.91 Å². The smallest absolute Gasteiger partial charge is 0.232 e. The minimum absolute atomic E-state index is 0.0245. The summed E-state index contributed by atoms with van der Waals surface area (Å²) in [6.07, 6.45) is 0.812. The number of hydrogen-bond donors (Lipinski definition) is 1. The van der Waals surface area contributed by atoms with Crippen molar-refractivity contribution in [2.24, 2.45) is 0 Å². The third-order valence-electron chi connectivity index (χ3n) is 3.27. The minimum atomic E-state index is -0.0245. The molecule has 0 saturated carbocycles. The first-order valence-electron chi connectivity index (χ1n) is 5.68. The summed E-state index contributed by atoms with van der Waals surface area (Å²) >= 11 is 1.73. The van der Waals surface area contributed by atoms with Crippen molar-refractivity contribution in [2.75, 3.05) is 5.32 Å². The summed E-state index contributed by atoms with van der Waals surface area (Å²) in [6.45, 7) is 2.10. The molecule has 0 bridgehead atoms. The molecule has 1 aromatic heterocycles. The molecular weight excluding hydrogens is 230 g/mol. The lowest BCUT2D eigenvalue weighted by atomic mass is 9.95. The number of hydrogen-bond acceptors (Lipinski definition) is 2. The second kappa shape index (κ2) is 4.00. The van der Waals surface area contributed by atoms with Gasteiger partial charge in [0, 0.05) is 10.6 Å². The van der Waals surface area contributed by atoms with Crippen LogP contribution in [0.2, 0.25) is 0 Å². The number of carbonyl (C=O) groups is 1. The fourth-order valence-corrected chi connectivity index (χ4v) is 3.23. The van der Waals surface area contributed by atoms with E-state index in [0.717, 1.165) is 17.7 Å². The molecule has 0 spiro atoms. The first-order chi connectivity index (χ1) is 8.25. The van der Waals surface area contributed by atoms with Gasteiger partial charge in [-0.15, -0.1) is 11.3 Å². The van der Waals surface area contributed by atoms with Crippen LogP contribution in [0.15, 0.2) is 35.7 Å². The normalized spacial score (nSPS) is 17.9. The molecule has 1 unspecified atom stereocenters. The summed E-state index contributed by atoms with van der Waals surface area (Å²) in [4.78, 5) is 13.3. The topological polar surface area (TPSA) is 29.1 Å². The second-order valence-corrected chi connectivity index (χ2v) is 5.36. The minimum Gasteiger partial charge on any atom is -0.325 e. The van der Waals surface area contributed by atoms with Crippen LogP contribution in [0.3, 0.4) is 0 Å². The monoisotopic (exact) mass is 243 g/mol. The summed E-state index contributed by atoms with van der Waals surface area (Å²) in [7, 11) is 0. The predicted molar refractivity (Wildman–Crippen MR) is 70.6 cm³/mol. The standard InChI is InChI=1S/C14H13NOS/c1-9-6-7-17-13(9)8-11-10-4-2-3-5-12(10)15-14(11)16/h2-7,11H,8H2,1H3,(H,15,16). The Hall–Kier alpha value is -1.61. The van der Waals surface area contributed by atoms with Crippen LogP contribution in [0.4, 0.5) is 5.69 Å². The van der Waals surface area contributed by atoms with E-state index in [1.807, 2.05) is 24.3 Å². The molecule has 86 valence electrons. The van der Waals surface area contributed by atoms with Crippen LogP contribution in [0.5, 0.6) is 0 Å². The highest BCUT2D eigenvalue weighted by Gasteiger charge is 2.30. The summed E-state index contributed by atoms with van der Waals surface area (Å²) in [5.74, 6) is 0.0996. The van der Waals surface area contributed by atoms with Crippen molar-refractivity contribution in [3.63, 3.8) is 0 Å². The fourth-order valence-electron chi connectivity index (χ4n) is 2.28. The van der Waals surface area contributed by atoms with Crippen molar-refractivity contribution in [3.05, 3.63) is 51.7 Å². The Kier molecular flexibility index (Phi) is 2.48. The van der Waals surface area contributed by atoms with Crippen molar-refractivity contribution >= 4 is 22.9 Å². The lowest BCUT2D eigenvalue weighted by Crippen LogP contribution is -2.14. The Morgan fingerprint density at radius 1 is 1.29 bits per heavy atom. The average Bonchev–Trinajstić information content (AvgIpc) is 2.85. The van der Waals surface area contributed by atoms with E-state index in [1.54, 1.807) is 11.3 Å². The molecule has 3 heteroatoms. The van der Waals surface area contributed by atoms with E-state index < -0.39 is 0 Å². The van der Waals surface area contributed by atoms with E-state index in [4.69, 9.17) is 0 Å². The fraction of sp³-hybridized carbons (Fsp3) is 0.214. The van der Waals surface area contributed by atoms with Crippen LogP contribution >= 0.6 is 11.3 Å². The number of carbonyl (C=O) groups excluding carboxylic acids is 1. The molecule has 1 atom stereocenters. The quantitative estimate of drug-likeness (QED) is 0.861. The maximum absolute atomic E-state index is 12.0. The van der Waals surface area contributed by atoms with Gasteiger partial charge in [-0.3, -0.25) is 4.79 Å². The van der Waals surface area contributed by atoms with Crippen LogP contribution < -0.4 is 5.32 Å². The molecule has 0 saturated heterocycles. The lowest BCUT2D eigenvalue weighted by molar-refractivity contribution is -0.117. The average molecular weight is 243 g/mol. The molecule has 2 heterocycles. The van der Waals surface area contributed by atoms with Crippen molar-refractivity contribution < 1.29 is 4.79 Å². The zero-order valence-electron chi connectivity index (χ0n) is 9.57. The third kappa shape index (κ3) is 1.76. The lowest BCUT2D eigenvalue weighted by Gasteiger charge is -2.07. The zero-order valence-corrected chi connectivity index (χ0v) is 10.4. The number of benzene rings is 1. The Labute approximate surface area is 104 Å². The Bertz CT molecular complexity index is 573. The highest BCUT2D eigenvalue weighted by Crippen LogP contribution is 2.35. The second-order valence-electron chi connectivity index (χ2n) is 4.36. The molecule has 0 radical (unpaired) electrons. The highest BCUT2D eigenvalue weighted by atomic mass is 32.1. The predicted octanol–water partition coefficient (Wildman–Crippen LogP) is 3.33. The number of anilines is 1. The summed E-state index contributed by atoms with van der Waals surface area (Å²) in [5.41, 5.74) is 3.38. The van der Waals surface area contributed by atoms with Crippen LogP contribution in [-0.2, 0) is 11.2 Å². The Morgan fingerprint density at radius 3 is 2.88 bits per heavy atom. The van der Waals surface area contributed by atoms with Gasteiger partial charge in [0.05, 0.1) is 5.92 Å². The Morgan fingerprint density at radius 2 is 2.12 bits per heavy atom. The number of rotatable bonds is 2. The van der Waals surface area contributed by atoms with E-state index in [-0.39, 0.29) is 11.8 Å². The van der Waals surface area contributed by atoms with Gasteiger partial charge in [0.15, 0.2) is 0 Å². The van der Waals surface area contributed by atoms with Crippen LogP contribution in [0, 0.1) is 6.92 Å². The number of nitrogens with one attached hydrogen (secondary N) is 1. The van der Waals surface area contributed by atoms with E-state index in [9.17, 15) is 4.79 Å². The number of thiophene rings is 1. The number of para-hydroxylation sites is 1. The van der Waals surface area contributed by atoms with E-state index in [2.05, 4.69) is 23.7 Å². The van der Waals surface area contributed by atoms with Gasteiger partial charge < -0.3 is 5.32 Å². The van der Waals surface area contributed by atoms with Gasteiger partial charge in [-0.2, -0.15) is 0 Å². The van der Waals surface area contributed by atoms with E-state index in [0.29, 0.717) is 0 Å². The number of aryl methyl sites for hydroxylation is 1. The van der Waals surface area contributed by atoms with Gasteiger partial charge in [0.1, 0.15) is 0 Å². The maximum Gasteiger partial charge on any atom is 0.232 e. The molecule has 0 aliphatic carbocycles. The molecule has 17 heavy (non-hydrogen) atoms. The van der Waals surface area contributed by atoms with E-state index >= 15 is 0 Å². The largest absolute Gasteiger partial charge is 0.325 e. The van der Waals surface area contributed by atoms with Gasteiger partial charge in [-0.05, 0) is 42.0 Å². The summed E-state index contributed by atoms with van der Waals surface area (Å²) in [6, 6.07) is 10.1. The third-order valence-corrected chi connectivity index (χ3v) is 4.31. The molecule has 0 fully saturated rings. The zero-order chi connectivity index (χ0) is 11.8. The van der Waals surface area contributed by atoms with Crippen LogP contribution in [0.25, 0.3) is 0 Å². The molecule has 1 aromatic carbocycles. The summed E-state index contributed by atoms with van der Waals surface area (Å²) < 4.78 is 0. The molecule has 1 N–H and O–H groups in total. The van der Waals surface area contributed by atoms with E-state index in [1.165, 1.54) is 10.4 Å². The van der Waals surface area contributed by atoms with Gasteiger partial charge in [-0.25, -0.2) is 0 Å². The first-order valence-corrected chi connectivity index (χ1v) is 6.56. The van der Waals surface area contributed by atoms with Crippen molar-refractivity contribution in [2.45, 2.75) is 19.3 Å². The molecule has 3 rings (SSSR count). The molecule has 2 aromatic rings. The maximum atomic E-state index is 12.0. The van der Waals surface area contributed by atoms with Crippen molar-refractivity contribution in [1.82, 2.24) is 0 Å². The Balaban J connectivity index is 1.94. The van der Waals surface area contributed by atoms with Gasteiger partial charge in [0.25, 0.3) is 0 Å². The number of fused-ring (bicyclic) bond motifs is 1. The molecular formula is C14H13NOS. The highest BCUT2D eigenvalue weighted by molar-refractivity contribution is 7.10. The summed E-state index contributed by atoms with van der Waals surface area (Å²) in [5, 5.41) is 5.03. The van der Waals surface area contributed by atoms with Gasteiger partial charge >= 0.3 is 0 Å². The van der Waals surface area contributed by atoms with Crippen molar-refractivity contribution in [1.29, 1.82) is 0 Å².